The highest BCUT2D eigenvalue weighted by molar-refractivity contribution is 9.10. The van der Waals surface area contributed by atoms with E-state index in [1.165, 1.54) is 28.6 Å². The Morgan fingerprint density at radius 2 is 1.86 bits per heavy atom. The zero-order valence-electron chi connectivity index (χ0n) is 15.3. The van der Waals surface area contributed by atoms with Crippen molar-refractivity contribution in [1.29, 1.82) is 0 Å². The zero-order valence-corrected chi connectivity index (χ0v) is 17.7. The van der Waals surface area contributed by atoms with Crippen molar-refractivity contribution in [2.45, 2.75) is 18.6 Å². The van der Waals surface area contributed by atoms with Gasteiger partial charge < -0.3 is 5.32 Å². The van der Waals surface area contributed by atoms with E-state index in [1.54, 1.807) is 18.3 Å². The predicted octanol–water partition coefficient (Wildman–Crippen LogP) is 2.93. The summed E-state index contributed by atoms with van der Waals surface area (Å²) in [6.45, 7) is 0.502. The third-order valence-electron chi connectivity index (χ3n) is 4.69. The molecule has 0 saturated carbocycles. The summed E-state index contributed by atoms with van der Waals surface area (Å²) in [5, 5.41) is 13.5. The number of nitrogens with zero attached hydrogens (tertiary/aromatic N) is 3. The highest BCUT2D eigenvalue weighted by Crippen LogP contribution is 2.23. The fraction of sp³-hybridized carbons (Fsp3) is 0.333. The van der Waals surface area contributed by atoms with Gasteiger partial charge in [-0.1, -0.05) is 12.1 Å². The van der Waals surface area contributed by atoms with Crippen LogP contribution in [0.5, 0.6) is 0 Å². The van der Waals surface area contributed by atoms with E-state index in [0.717, 1.165) is 4.47 Å². The summed E-state index contributed by atoms with van der Waals surface area (Å²) < 4.78 is 27.5. The van der Waals surface area contributed by atoms with Crippen molar-refractivity contribution in [3.63, 3.8) is 0 Å². The molecule has 0 unspecified atom stereocenters. The first kappa shape index (κ1) is 21.3. The second-order valence-electron chi connectivity index (χ2n) is 6.70. The summed E-state index contributed by atoms with van der Waals surface area (Å²) in [6, 6.07) is 8.93. The number of nitro benzene ring substituents is 1. The number of piperidine rings is 1. The number of halogens is 1. The van der Waals surface area contributed by atoms with Gasteiger partial charge in [0.25, 0.3) is 5.69 Å². The first-order valence-electron chi connectivity index (χ1n) is 8.88. The number of aromatic nitrogens is 1. The van der Waals surface area contributed by atoms with Gasteiger partial charge in [0.15, 0.2) is 0 Å². The van der Waals surface area contributed by atoms with Crippen LogP contribution in [0.1, 0.15) is 18.4 Å². The Labute approximate surface area is 176 Å². The molecule has 11 heteroatoms. The summed E-state index contributed by atoms with van der Waals surface area (Å²) in [5.41, 5.74) is 0.398. The molecular formula is C18H19BrN4O5S. The van der Waals surface area contributed by atoms with E-state index in [9.17, 15) is 23.3 Å². The number of sulfonamides is 1. The molecule has 9 nitrogen and oxygen atoms in total. The first-order chi connectivity index (χ1) is 13.7. The number of nitro groups is 1. The molecule has 2 aromatic rings. The van der Waals surface area contributed by atoms with Crippen LogP contribution >= 0.6 is 15.9 Å². The van der Waals surface area contributed by atoms with Gasteiger partial charge in [0.1, 0.15) is 5.82 Å². The van der Waals surface area contributed by atoms with Gasteiger partial charge in [0.05, 0.1) is 10.7 Å². The number of benzene rings is 1. The van der Waals surface area contributed by atoms with E-state index >= 15 is 0 Å². The van der Waals surface area contributed by atoms with Crippen LogP contribution < -0.4 is 5.32 Å². The lowest BCUT2D eigenvalue weighted by atomic mass is 9.97. The predicted molar refractivity (Wildman–Crippen MR) is 111 cm³/mol. The number of carbonyl (C=O) groups is 1. The first-order valence-corrected chi connectivity index (χ1v) is 11.3. The monoisotopic (exact) mass is 482 g/mol. The van der Waals surface area contributed by atoms with E-state index in [-0.39, 0.29) is 36.4 Å². The van der Waals surface area contributed by atoms with Crippen molar-refractivity contribution in [2.24, 2.45) is 5.92 Å². The van der Waals surface area contributed by atoms with Crippen LogP contribution in [0.4, 0.5) is 11.5 Å². The van der Waals surface area contributed by atoms with E-state index in [0.29, 0.717) is 24.2 Å². The standard InChI is InChI=1S/C18H19BrN4O5S/c19-15-3-6-17(20-11-15)21-18(24)14-7-9-22(10-8-14)29(27,28)12-13-1-4-16(5-2-13)23(25)26/h1-6,11,14H,7-10,12H2,(H,20,21,24). The molecule has 154 valence electrons. The summed E-state index contributed by atoms with van der Waals surface area (Å²) in [7, 11) is -3.57. The maximum atomic E-state index is 12.7. The van der Waals surface area contributed by atoms with Crippen LogP contribution in [-0.2, 0) is 20.6 Å². The van der Waals surface area contributed by atoms with Gasteiger partial charge in [-0.15, -0.1) is 0 Å². The molecule has 1 saturated heterocycles. The molecule has 2 heterocycles. The summed E-state index contributed by atoms with van der Waals surface area (Å²) >= 11 is 3.28. The Morgan fingerprint density at radius 3 is 2.41 bits per heavy atom. The van der Waals surface area contributed by atoms with Crippen molar-refractivity contribution < 1.29 is 18.1 Å². The molecule has 1 aliphatic rings. The van der Waals surface area contributed by atoms with Crippen LogP contribution in [0, 0.1) is 16.0 Å². The smallest absolute Gasteiger partial charge is 0.269 e. The molecule has 1 aromatic heterocycles. The average molecular weight is 483 g/mol. The van der Waals surface area contributed by atoms with Gasteiger partial charge in [0.2, 0.25) is 15.9 Å². The number of rotatable bonds is 6. The number of hydrogen-bond acceptors (Lipinski definition) is 6. The average Bonchev–Trinajstić information content (AvgIpc) is 2.70. The highest BCUT2D eigenvalue weighted by atomic mass is 79.9. The molecule has 0 bridgehead atoms. The summed E-state index contributed by atoms with van der Waals surface area (Å²) in [4.78, 5) is 26.7. The van der Waals surface area contributed by atoms with Crippen LogP contribution in [0.2, 0.25) is 0 Å². The summed E-state index contributed by atoms with van der Waals surface area (Å²) in [5.74, 6) is -0.241. The van der Waals surface area contributed by atoms with Crippen LogP contribution in [0.3, 0.4) is 0 Å². The maximum absolute atomic E-state index is 12.7. The lowest BCUT2D eigenvalue weighted by Gasteiger charge is -2.30. The third kappa shape index (κ3) is 5.58. The number of carbonyl (C=O) groups excluding carboxylic acids is 1. The Kier molecular flexibility index (Phi) is 6.60. The second-order valence-corrected chi connectivity index (χ2v) is 9.59. The fourth-order valence-corrected chi connectivity index (χ4v) is 4.89. The molecule has 0 spiro atoms. The minimum atomic E-state index is -3.57. The summed E-state index contributed by atoms with van der Waals surface area (Å²) in [6.07, 6.45) is 2.42. The number of amides is 1. The Balaban J connectivity index is 1.55. The van der Waals surface area contributed by atoms with Crippen molar-refractivity contribution in [3.8, 4) is 0 Å². The van der Waals surface area contributed by atoms with Crippen molar-refractivity contribution in [1.82, 2.24) is 9.29 Å². The molecule has 1 amide bonds. The molecule has 0 aliphatic carbocycles. The van der Waals surface area contributed by atoms with Crippen LogP contribution in [0.25, 0.3) is 0 Å². The number of anilines is 1. The van der Waals surface area contributed by atoms with Crippen molar-refractivity contribution in [2.75, 3.05) is 18.4 Å². The molecule has 0 atom stereocenters. The SMILES string of the molecule is O=C(Nc1ccc(Br)cn1)C1CCN(S(=O)(=O)Cc2ccc([N+](=O)[O-])cc2)CC1. The number of hydrogen-bond donors (Lipinski definition) is 1. The highest BCUT2D eigenvalue weighted by Gasteiger charge is 2.31. The molecule has 1 N–H and O–H groups in total. The fourth-order valence-electron chi connectivity index (χ4n) is 3.09. The molecule has 1 aliphatic heterocycles. The lowest BCUT2D eigenvalue weighted by molar-refractivity contribution is -0.384. The minimum absolute atomic E-state index is 0.0850. The topological polar surface area (TPSA) is 123 Å². The van der Waals surface area contributed by atoms with Crippen molar-refractivity contribution >= 4 is 43.4 Å². The van der Waals surface area contributed by atoms with E-state index in [1.807, 2.05) is 0 Å². The normalized spacial score (nSPS) is 15.8. The Bertz CT molecular complexity index is 988. The van der Waals surface area contributed by atoms with E-state index < -0.39 is 14.9 Å². The third-order valence-corrected chi connectivity index (χ3v) is 7.01. The molecule has 29 heavy (non-hydrogen) atoms. The minimum Gasteiger partial charge on any atom is -0.310 e. The molecule has 3 rings (SSSR count). The van der Waals surface area contributed by atoms with Gasteiger partial charge >= 0.3 is 0 Å². The molecule has 1 aromatic carbocycles. The number of pyridine rings is 1. The zero-order chi connectivity index (χ0) is 21.0. The van der Waals surface area contributed by atoms with Gasteiger partial charge in [-0.05, 0) is 46.5 Å². The second kappa shape index (κ2) is 8.97. The Morgan fingerprint density at radius 1 is 1.21 bits per heavy atom. The van der Waals surface area contributed by atoms with Gasteiger partial charge in [-0.3, -0.25) is 14.9 Å². The largest absolute Gasteiger partial charge is 0.310 e. The molecule has 0 radical (unpaired) electrons. The van der Waals surface area contributed by atoms with E-state index in [4.69, 9.17) is 0 Å². The van der Waals surface area contributed by atoms with Crippen molar-refractivity contribution in [3.05, 3.63) is 62.7 Å². The maximum Gasteiger partial charge on any atom is 0.269 e. The molecule has 1 fully saturated rings. The van der Waals surface area contributed by atoms with Gasteiger partial charge in [-0.25, -0.2) is 17.7 Å². The quantitative estimate of drug-likeness (QED) is 0.498. The molecular weight excluding hydrogens is 464 g/mol. The lowest BCUT2D eigenvalue weighted by Crippen LogP contribution is -2.41. The van der Waals surface area contributed by atoms with Gasteiger partial charge in [0, 0.05) is 41.8 Å². The van der Waals surface area contributed by atoms with Crippen LogP contribution in [-0.4, -0.2) is 41.6 Å². The Hall–Kier alpha value is -2.37. The number of non-ortho nitro benzene ring substituents is 1. The van der Waals surface area contributed by atoms with Crippen LogP contribution in [0.15, 0.2) is 47.1 Å². The van der Waals surface area contributed by atoms with E-state index in [2.05, 4.69) is 26.2 Å². The van der Waals surface area contributed by atoms with Gasteiger partial charge in [-0.2, -0.15) is 0 Å². The number of nitrogens with one attached hydrogen (secondary N) is 1.